The van der Waals surface area contributed by atoms with Gasteiger partial charge in [0.2, 0.25) is 17.7 Å². The molecule has 0 aliphatic carbocycles. The SMILES string of the molecule is CC(C)[C@H](N)C(=O)N[C@@H](Cc1cccc2ccccc12)C(=O)NCC(N)=O. The van der Waals surface area contributed by atoms with Gasteiger partial charge in [-0.1, -0.05) is 56.3 Å². The first-order valence-corrected chi connectivity index (χ1v) is 8.88. The zero-order valence-corrected chi connectivity index (χ0v) is 15.6. The van der Waals surface area contributed by atoms with Crippen LogP contribution in [0.25, 0.3) is 10.8 Å². The van der Waals surface area contributed by atoms with Crippen LogP contribution < -0.4 is 22.1 Å². The first-order valence-electron chi connectivity index (χ1n) is 8.88. The topological polar surface area (TPSA) is 127 Å². The summed E-state index contributed by atoms with van der Waals surface area (Å²) in [6, 6.07) is 12.0. The molecule has 0 unspecified atom stereocenters. The second-order valence-electron chi connectivity index (χ2n) is 6.86. The number of fused-ring (bicyclic) bond motifs is 1. The van der Waals surface area contributed by atoms with Crippen LogP contribution in [0.2, 0.25) is 0 Å². The van der Waals surface area contributed by atoms with Gasteiger partial charge >= 0.3 is 0 Å². The molecule has 0 heterocycles. The minimum absolute atomic E-state index is 0.0723. The van der Waals surface area contributed by atoms with Gasteiger partial charge in [-0.3, -0.25) is 14.4 Å². The molecule has 144 valence electrons. The van der Waals surface area contributed by atoms with Gasteiger partial charge in [-0.15, -0.1) is 0 Å². The third-order valence-corrected chi connectivity index (χ3v) is 4.39. The number of amides is 3. The fraction of sp³-hybridized carbons (Fsp3) is 0.350. The Kier molecular flexibility index (Phi) is 6.90. The van der Waals surface area contributed by atoms with Crippen molar-refractivity contribution in [3.8, 4) is 0 Å². The number of carbonyl (C=O) groups excluding carboxylic acids is 3. The van der Waals surface area contributed by atoms with Crippen molar-refractivity contribution in [2.75, 3.05) is 6.54 Å². The van der Waals surface area contributed by atoms with Gasteiger partial charge in [-0.2, -0.15) is 0 Å². The average molecular weight is 370 g/mol. The summed E-state index contributed by atoms with van der Waals surface area (Å²) in [6.07, 6.45) is 0.266. The molecule has 0 radical (unpaired) electrons. The number of hydrogen-bond acceptors (Lipinski definition) is 4. The van der Waals surface area contributed by atoms with E-state index in [2.05, 4.69) is 10.6 Å². The molecule has 0 bridgehead atoms. The van der Waals surface area contributed by atoms with E-state index in [1.54, 1.807) is 0 Å². The molecule has 2 aromatic carbocycles. The molecule has 0 saturated heterocycles. The van der Waals surface area contributed by atoms with Crippen LogP contribution in [-0.4, -0.2) is 36.3 Å². The molecule has 0 aliphatic rings. The standard InChI is InChI=1S/C20H26N4O3/c1-12(2)18(22)20(27)24-16(19(26)23-11-17(21)25)10-14-8-5-7-13-6-3-4-9-15(13)14/h3-9,12,16,18H,10-11,22H2,1-2H3,(H2,21,25)(H,23,26)(H,24,27)/t16-,18-/m0/s1. The van der Waals surface area contributed by atoms with E-state index in [4.69, 9.17) is 11.5 Å². The van der Waals surface area contributed by atoms with Crippen LogP contribution in [0.1, 0.15) is 19.4 Å². The first-order chi connectivity index (χ1) is 12.8. The van der Waals surface area contributed by atoms with E-state index in [1.807, 2.05) is 56.3 Å². The summed E-state index contributed by atoms with van der Waals surface area (Å²) in [5.74, 6) is -1.62. The third kappa shape index (κ3) is 5.52. The van der Waals surface area contributed by atoms with Crippen molar-refractivity contribution in [1.29, 1.82) is 0 Å². The van der Waals surface area contributed by atoms with Crippen LogP contribution in [-0.2, 0) is 20.8 Å². The number of hydrogen-bond donors (Lipinski definition) is 4. The maximum Gasteiger partial charge on any atom is 0.243 e. The van der Waals surface area contributed by atoms with Crippen molar-refractivity contribution in [1.82, 2.24) is 10.6 Å². The minimum Gasteiger partial charge on any atom is -0.368 e. The molecule has 0 aliphatic heterocycles. The van der Waals surface area contributed by atoms with Gasteiger partial charge < -0.3 is 22.1 Å². The smallest absolute Gasteiger partial charge is 0.243 e. The Morgan fingerprint density at radius 2 is 1.67 bits per heavy atom. The summed E-state index contributed by atoms with van der Waals surface area (Å²) < 4.78 is 0. The average Bonchev–Trinajstić information content (AvgIpc) is 2.64. The van der Waals surface area contributed by atoms with Crippen LogP contribution >= 0.6 is 0 Å². The van der Waals surface area contributed by atoms with E-state index in [9.17, 15) is 14.4 Å². The molecule has 7 nitrogen and oxygen atoms in total. The Balaban J connectivity index is 2.26. The van der Waals surface area contributed by atoms with Crippen molar-refractivity contribution < 1.29 is 14.4 Å². The first kappa shape index (κ1) is 20.4. The lowest BCUT2D eigenvalue weighted by molar-refractivity contribution is -0.130. The number of benzene rings is 2. The lowest BCUT2D eigenvalue weighted by atomic mass is 9.97. The molecule has 6 N–H and O–H groups in total. The molecule has 7 heteroatoms. The van der Waals surface area contributed by atoms with Crippen molar-refractivity contribution in [3.63, 3.8) is 0 Å². The molecule has 2 rings (SSSR count). The Hall–Kier alpha value is -2.93. The zero-order chi connectivity index (χ0) is 20.0. The Labute approximate surface area is 158 Å². The normalized spacial score (nSPS) is 13.2. The second kappa shape index (κ2) is 9.14. The van der Waals surface area contributed by atoms with E-state index in [1.165, 1.54) is 0 Å². The van der Waals surface area contributed by atoms with Crippen LogP contribution in [0.3, 0.4) is 0 Å². The van der Waals surface area contributed by atoms with Gasteiger partial charge in [-0.25, -0.2) is 0 Å². The van der Waals surface area contributed by atoms with Gasteiger partial charge in [0.1, 0.15) is 6.04 Å². The predicted octanol–water partition coefficient (Wildman–Crippen LogP) is 0.452. The van der Waals surface area contributed by atoms with Gasteiger partial charge in [0.15, 0.2) is 0 Å². The van der Waals surface area contributed by atoms with Crippen LogP contribution in [0.4, 0.5) is 0 Å². The Morgan fingerprint density at radius 1 is 1.00 bits per heavy atom. The highest BCUT2D eigenvalue weighted by Crippen LogP contribution is 2.20. The van der Waals surface area contributed by atoms with Gasteiger partial charge in [0.05, 0.1) is 12.6 Å². The molecule has 3 amide bonds. The van der Waals surface area contributed by atoms with E-state index in [0.717, 1.165) is 16.3 Å². The van der Waals surface area contributed by atoms with E-state index >= 15 is 0 Å². The van der Waals surface area contributed by atoms with Crippen molar-refractivity contribution in [2.24, 2.45) is 17.4 Å². The summed E-state index contributed by atoms with van der Waals surface area (Å²) in [5, 5.41) is 7.20. The summed E-state index contributed by atoms with van der Waals surface area (Å²) in [4.78, 5) is 35.9. The minimum atomic E-state index is -0.868. The van der Waals surface area contributed by atoms with E-state index in [0.29, 0.717) is 0 Å². The maximum atomic E-state index is 12.5. The predicted molar refractivity (Wildman–Crippen MR) is 105 cm³/mol. The Bertz CT molecular complexity index is 830. The van der Waals surface area contributed by atoms with Crippen LogP contribution in [0.15, 0.2) is 42.5 Å². The monoisotopic (exact) mass is 370 g/mol. The zero-order valence-electron chi connectivity index (χ0n) is 15.6. The quantitative estimate of drug-likeness (QED) is 0.538. The Morgan fingerprint density at radius 3 is 2.33 bits per heavy atom. The van der Waals surface area contributed by atoms with Gasteiger partial charge in [0.25, 0.3) is 0 Å². The van der Waals surface area contributed by atoms with Crippen molar-refractivity contribution in [3.05, 3.63) is 48.0 Å². The fourth-order valence-corrected chi connectivity index (χ4v) is 2.77. The molecule has 2 atom stereocenters. The number of carbonyl (C=O) groups is 3. The lowest BCUT2D eigenvalue weighted by Crippen LogP contribution is -2.54. The summed E-state index contributed by atoms with van der Waals surface area (Å²) in [5.41, 5.74) is 11.9. The highest BCUT2D eigenvalue weighted by molar-refractivity contribution is 5.93. The van der Waals surface area contributed by atoms with Crippen molar-refractivity contribution in [2.45, 2.75) is 32.4 Å². The van der Waals surface area contributed by atoms with Gasteiger partial charge in [0, 0.05) is 6.42 Å². The van der Waals surface area contributed by atoms with Crippen LogP contribution in [0, 0.1) is 5.92 Å². The maximum absolute atomic E-state index is 12.5. The lowest BCUT2D eigenvalue weighted by Gasteiger charge is -2.22. The highest BCUT2D eigenvalue weighted by Gasteiger charge is 2.26. The van der Waals surface area contributed by atoms with E-state index < -0.39 is 29.8 Å². The number of nitrogens with one attached hydrogen (secondary N) is 2. The van der Waals surface area contributed by atoms with Crippen molar-refractivity contribution >= 4 is 28.5 Å². The molecule has 0 fully saturated rings. The van der Waals surface area contributed by atoms with Crippen LogP contribution in [0.5, 0.6) is 0 Å². The molecule has 0 saturated carbocycles. The second-order valence-corrected chi connectivity index (χ2v) is 6.86. The summed E-state index contributed by atoms with van der Waals surface area (Å²) in [7, 11) is 0. The molecule has 0 aromatic heterocycles. The molecule has 0 spiro atoms. The number of primary amides is 1. The molecular weight excluding hydrogens is 344 g/mol. The largest absolute Gasteiger partial charge is 0.368 e. The molecular formula is C20H26N4O3. The molecule has 27 heavy (non-hydrogen) atoms. The van der Waals surface area contributed by atoms with Gasteiger partial charge in [-0.05, 0) is 22.3 Å². The fourth-order valence-electron chi connectivity index (χ4n) is 2.77. The summed E-state index contributed by atoms with van der Waals surface area (Å²) >= 11 is 0. The molecule has 2 aromatic rings. The number of nitrogens with two attached hydrogens (primary N) is 2. The highest BCUT2D eigenvalue weighted by atomic mass is 16.2. The number of rotatable bonds is 8. The van der Waals surface area contributed by atoms with E-state index in [-0.39, 0.29) is 18.9 Å². The summed E-state index contributed by atoms with van der Waals surface area (Å²) in [6.45, 7) is 3.37. The third-order valence-electron chi connectivity index (χ3n) is 4.39.